The zero-order valence-electron chi connectivity index (χ0n) is 29.3. The minimum Gasteiger partial charge on any atom is -0.390 e. The highest BCUT2D eigenvalue weighted by Gasteiger charge is 2.65. The van der Waals surface area contributed by atoms with Crippen molar-refractivity contribution in [1.82, 2.24) is 0 Å². The fourth-order valence-corrected chi connectivity index (χ4v) is 14.1. The number of fused-ring (bicyclic) bond motifs is 10. The number of carbonyl (C=O) groups excluding carboxylic acids is 2. The van der Waals surface area contributed by atoms with Gasteiger partial charge in [-0.15, -0.1) is 0 Å². The molecule has 0 radical (unpaired) electrons. The van der Waals surface area contributed by atoms with E-state index in [2.05, 4.69) is 41.5 Å². The van der Waals surface area contributed by atoms with E-state index in [0.717, 1.165) is 101 Å². The first-order valence-electron chi connectivity index (χ1n) is 18.9. The van der Waals surface area contributed by atoms with Gasteiger partial charge in [0.1, 0.15) is 0 Å². The smallest absolute Gasteiger partial charge is 0.221 e. The fourth-order valence-electron chi connectivity index (χ4n) is 14.1. The minimum atomic E-state index is -0.604. The van der Waals surface area contributed by atoms with Crippen LogP contribution in [0.5, 0.6) is 0 Å². The van der Waals surface area contributed by atoms with E-state index in [4.69, 9.17) is 9.78 Å². The summed E-state index contributed by atoms with van der Waals surface area (Å²) in [5.41, 5.74) is 0.697. The van der Waals surface area contributed by atoms with Crippen molar-refractivity contribution in [3.63, 3.8) is 0 Å². The summed E-state index contributed by atoms with van der Waals surface area (Å²) in [7, 11) is 0. The van der Waals surface area contributed by atoms with Crippen LogP contribution in [-0.4, -0.2) is 33.0 Å². The van der Waals surface area contributed by atoms with Gasteiger partial charge in [0.05, 0.1) is 11.2 Å². The summed E-state index contributed by atoms with van der Waals surface area (Å²) >= 11 is 0. The van der Waals surface area contributed by atoms with Crippen LogP contribution in [0.3, 0.4) is 0 Å². The number of carbonyl (C=O) groups is 2. The second-order valence-corrected chi connectivity index (χ2v) is 18.8. The molecule has 0 heterocycles. The van der Waals surface area contributed by atoms with Gasteiger partial charge in [-0.3, -0.25) is 19.4 Å². The Bertz CT molecular complexity index is 1310. The molecule has 8 aliphatic carbocycles. The minimum absolute atomic E-state index is 0.00977. The number of allylic oxidation sites excluding steroid dienone is 2. The average Bonchev–Trinajstić information content (AvgIpc) is 3.40. The molecule has 6 saturated carbocycles. The monoisotopic (exact) mass is 634 g/mol. The summed E-state index contributed by atoms with van der Waals surface area (Å²) in [6.07, 6.45) is 14.4. The first kappa shape index (κ1) is 31.6. The van der Waals surface area contributed by atoms with Gasteiger partial charge in [-0.2, -0.15) is 0 Å². The topological polar surface area (TPSA) is 93.1 Å². The molecule has 2 N–H and O–H groups in total. The Morgan fingerprint density at radius 3 is 1.26 bits per heavy atom. The van der Waals surface area contributed by atoms with Crippen molar-refractivity contribution < 1.29 is 29.6 Å². The Hall–Kier alpha value is -1.66. The molecule has 6 heteroatoms. The highest BCUT2D eigenvalue weighted by atomic mass is 17.2. The molecule has 0 spiro atoms. The van der Waals surface area contributed by atoms with Crippen LogP contribution in [-0.2, 0) is 19.4 Å². The molecule has 0 aromatic heterocycles. The quantitative estimate of drug-likeness (QED) is 0.240. The molecule has 0 aromatic carbocycles. The van der Waals surface area contributed by atoms with Crippen molar-refractivity contribution in [3.8, 4) is 0 Å². The number of Topliss-reactive ketones (excluding diaryl/α,β-unsaturated/α-hetero) is 2. The maximum Gasteiger partial charge on any atom is 0.221 e. The van der Waals surface area contributed by atoms with Crippen LogP contribution in [0.15, 0.2) is 22.7 Å². The molecule has 254 valence electrons. The van der Waals surface area contributed by atoms with Crippen molar-refractivity contribution in [2.75, 3.05) is 0 Å². The van der Waals surface area contributed by atoms with E-state index in [-0.39, 0.29) is 33.2 Å². The number of ketones is 2. The van der Waals surface area contributed by atoms with Crippen LogP contribution >= 0.6 is 0 Å². The van der Waals surface area contributed by atoms with Gasteiger partial charge in [0, 0.05) is 12.8 Å². The molecule has 0 aliphatic heterocycles. The maximum atomic E-state index is 13.5. The summed E-state index contributed by atoms with van der Waals surface area (Å²) in [5, 5.41) is 22.7. The molecule has 8 aliphatic rings. The summed E-state index contributed by atoms with van der Waals surface area (Å²) in [5.74, 6) is 3.87. The van der Waals surface area contributed by atoms with Crippen molar-refractivity contribution >= 4 is 11.6 Å². The molecule has 6 fully saturated rings. The molecule has 0 saturated heterocycles. The van der Waals surface area contributed by atoms with Crippen LogP contribution in [0, 0.1) is 57.2 Å². The van der Waals surface area contributed by atoms with Crippen molar-refractivity contribution in [1.29, 1.82) is 0 Å². The number of hydrogen-bond acceptors (Lipinski definition) is 6. The van der Waals surface area contributed by atoms with Crippen molar-refractivity contribution in [2.45, 2.75) is 155 Å². The lowest BCUT2D eigenvalue weighted by Gasteiger charge is -2.59. The second-order valence-electron chi connectivity index (χ2n) is 18.8. The Morgan fingerprint density at radius 1 is 0.500 bits per heavy atom. The molecule has 6 nitrogen and oxygen atoms in total. The number of aliphatic hydroxyl groups is 2. The van der Waals surface area contributed by atoms with Crippen LogP contribution in [0.25, 0.3) is 0 Å². The molecule has 8 rings (SSSR count). The van der Waals surface area contributed by atoms with Crippen LogP contribution in [0.4, 0.5) is 0 Å². The highest BCUT2D eigenvalue weighted by Crippen LogP contribution is 2.69. The lowest BCUT2D eigenvalue weighted by atomic mass is 9.46. The zero-order valence-corrected chi connectivity index (χ0v) is 29.3. The maximum absolute atomic E-state index is 13.5. The highest BCUT2D eigenvalue weighted by molar-refractivity contribution is 5.96. The molecule has 12 atom stereocenters. The van der Waals surface area contributed by atoms with Gasteiger partial charge < -0.3 is 10.2 Å². The molecule has 0 amide bonds. The SMILES string of the molecule is CC12CCC(=O)C(OOC3=C4CCC5C(CCC6(C)C5CCC6(C)O)C4(C)CCC3=O)=C1CCC1C2CCC2(C)C1CCC2(C)O. The van der Waals surface area contributed by atoms with E-state index >= 15 is 0 Å². The molecular formula is C40H58O6. The van der Waals surface area contributed by atoms with Gasteiger partial charge in [0.15, 0.2) is 0 Å². The van der Waals surface area contributed by atoms with Crippen LogP contribution in [0.2, 0.25) is 0 Å². The summed E-state index contributed by atoms with van der Waals surface area (Å²) in [6, 6.07) is 0. The number of rotatable bonds is 3. The van der Waals surface area contributed by atoms with Crippen LogP contribution in [0.1, 0.15) is 144 Å². The van der Waals surface area contributed by atoms with E-state index in [0.29, 0.717) is 59.9 Å². The Balaban J connectivity index is 1.07. The van der Waals surface area contributed by atoms with Gasteiger partial charge in [-0.05, 0) is 172 Å². The van der Waals surface area contributed by atoms with E-state index in [9.17, 15) is 19.8 Å². The zero-order chi connectivity index (χ0) is 32.7. The predicted molar refractivity (Wildman–Crippen MR) is 175 cm³/mol. The van der Waals surface area contributed by atoms with E-state index in [1.54, 1.807) is 0 Å². The molecule has 0 aromatic rings. The molecule has 0 bridgehead atoms. The third kappa shape index (κ3) is 3.95. The van der Waals surface area contributed by atoms with Gasteiger partial charge >= 0.3 is 0 Å². The fraction of sp³-hybridized carbons (Fsp3) is 0.850. The van der Waals surface area contributed by atoms with Crippen molar-refractivity contribution in [3.05, 3.63) is 22.7 Å². The van der Waals surface area contributed by atoms with Crippen LogP contribution < -0.4 is 0 Å². The third-order valence-corrected chi connectivity index (χ3v) is 17.5. The first-order valence-corrected chi connectivity index (χ1v) is 18.9. The molecular weight excluding hydrogens is 576 g/mol. The lowest BCUT2D eigenvalue weighted by Crippen LogP contribution is -2.54. The Kier molecular flexibility index (Phi) is 6.84. The van der Waals surface area contributed by atoms with Gasteiger partial charge in [-0.25, -0.2) is 0 Å². The van der Waals surface area contributed by atoms with Gasteiger partial charge in [-0.1, -0.05) is 27.7 Å². The lowest BCUT2D eigenvalue weighted by molar-refractivity contribution is -0.234. The third-order valence-electron chi connectivity index (χ3n) is 17.5. The molecule has 12 unspecified atom stereocenters. The number of hydrogen-bond donors (Lipinski definition) is 2. The van der Waals surface area contributed by atoms with E-state index < -0.39 is 11.2 Å². The van der Waals surface area contributed by atoms with Crippen molar-refractivity contribution in [2.24, 2.45) is 57.2 Å². The summed E-state index contributed by atoms with van der Waals surface area (Å²) in [6.45, 7) is 13.5. The Labute approximate surface area is 276 Å². The van der Waals surface area contributed by atoms with E-state index in [1.807, 2.05) is 0 Å². The largest absolute Gasteiger partial charge is 0.390 e. The normalized spacial score (nSPS) is 53.1. The average molecular weight is 635 g/mol. The molecule has 46 heavy (non-hydrogen) atoms. The predicted octanol–water partition coefficient (Wildman–Crippen LogP) is 8.16. The Morgan fingerprint density at radius 2 is 0.870 bits per heavy atom. The van der Waals surface area contributed by atoms with Gasteiger partial charge in [0.2, 0.25) is 23.1 Å². The second kappa shape index (κ2) is 9.96. The standard InChI is InChI=1S/C40H58O6/c1-35-17-15-31(41)33(29(35)9-7-23-25(35)11-19-37(3)27(23)13-21-39(37,5)43)45-46-34-30-10-8-24-26(36(30,2)18-16-32(34)42)12-20-38(4)28(24)14-22-40(38,6)44/h23-28,43-44H,7-22H2,1-6H3. The first-order chi connectivity index (χ1) is 21.6. The van der Waals surface area contributed by atoms with Gasteiger partial charge in [0.25, 0.3) is 0 Å². The summed E-state index contributed by atoms with van der Waals surface area (Å²) < 4.78 is 0. The summed E-state index contributed by atoms with van der Waals surface area (Å²) in [4.78, 5) is 39.4. The van der Waals surface area contributed by atoms with E-state index in [1.165, 1.54) is 0 Å².